The molecule has 0 N–H and O–H groups in total. The molecular formula is C80H114. The highest BCUT2D eigenvalue weighted by Crippen LogP contribution is 2.33. The Morgan fingerprint density at radius 3 is 1.06 bits per heavy atom. The summed E-state index contributed by atoms with van der Waals surface area (Å²) < 4.78 is 0. The van der Waals surface area contributed by atoms with E-state index in [1.54, 1.807) is 0 Å². The standard InChI is InChI=1S/C21H20.C14H14.C14H18.C13H12.2C4H10.C3H8.3C2H6.CH4/c1-15-8-6-10-18(14-15)20-12-7-13-21(17(20)3)19-11-5-4-9-16(19)2;1-11-7-3-5-9-13(11)14-10-6-4-8-12(14)2;1-4-6-13(7-5-2)14-10-8-12(3)9-11-14;1-11-7-9-13(10-8-11)12-5-3-2-4-6-12;2*1-3-4-2;1-3-2;3*1-2;/h4-14H,1-3H3;3-10H,1-2H3;4,6-11H,5H2,1-3H3;2-10H,1H3;2*3-4H2,1-2H3;3H2,1-2H3;3*1-2H3;1H4/b;;6-4-,13-7+;;;;;;;;. The third kappa shape index (κ3) is 31.1. The fraction of sp³-hybridized carbons (Fsp3) is 0.350. The molecule has 0 unspecified atom stereocenters. The van der Waals surface area contributed by atoms with E-state index in [0.717, 1.165) is 6.42 Å². The first-order valence-electron chi connectivity index (χ1n) is 30.2. The number of allylic oxidation sites excluding steroid dienone is 4. The zero-order chi connectivity index (χ0) is 59.8. The lowest BCUT2D eigenvalue weighted by atomic mass is 9.90. The number of benzene rings is 8. The lowest BCUT2D eigenvalue weighted by molar-refractivity contribution is 0.886. The molecule has 0 amide bonds. The third-order valence-corrected chi connectivity index (χ3v) is 12.0. The Bertz CT molecular complexity index is 2690. The molecule has 0 aliphatic heterocycles. The minimum Gasteiger partial charge on any atom is -0.0871 e. The average Bonchev–Trinajstić information content (AvgIpc) is 3.50. The van der Waals surface area contributed by atoms with E-state index in [-0.39, 0.29) is 7.43 Å². The zero-order valence-corrected chi connectivity index (χ0v) is 53.9. The fourth-order valence-corrected chi connectivity index (χ4v) is 7.48. The molecule has 0 saturated carbocycles. The second-order valence-corrected chi connectivity index (χ2v) is 18.7. The van der Waals surface area contributed by atoms with Crippen LogP contribution in [0, 0.1) is 48.5 Å². The van der Waals surface area contributed by atoms with Gasteiger partial charge in [-0.15, -0.1) is 0 Å². The molecule has 8 aromatic rings. The summed E-state index contributed by atoms with van der Waals surface area (Å²) in [5.41, 5.74) is 22.4. The highest BCUT2D eigenvalue weighted by Gasteiger charge is 2.10. The predicted molar refractivity (Wildman–Crippen MR) is 372 cm³/mol. The van der Waals surface area contributed by atoms with Gasteiger partial charge in [0, 0.05) is 0 Å². The molecule has 0 nitrogen and oxygen atoms in total. The molecule has 0 aromatic heterocycles. The Hall–Kier alpha value is -6.76. The van der Waals surface area contributed by atoms with Gasteiger partial charge in [-0.25, -0.2) is 0 Å². The van der Waals surface area contributed by atoms with Crippen molar-refractivity contribution < 1.29 is 0 Å². The van der Waals surface area contributed by atoms with Gasteiger partial charge in [0.15, 0.2) is 0 Å². The summed E-state index contributed by atoms with van der Waals surface area (Å²) in [5, 5.41) is 0. The summed E-state index contributed by atoms with van der Waals surface area (Å²) in [6.45, 7) is 44.3. The van der Waals surface area contributed by atoms with Gasteiger partial charge in [0.25, 0.3) is 0 Å². The molecular weight excluding hydrogens is 961 g/mol. The normalized spacial score (nSPS) is 9.54. The van der Waals surface area contributed by atoms with E-state index in [2.05, 4.69) is 310 Å². The molecule has 8 rings (SSSR count). The number of unbranched alkanes of at least 4 members (excludes halogenated alkanes) is 2. The van der Waals surface area contributed by atoms with Crippen molar-refractivity contribution in [3.8, 4) is 44.5 Å². The van der Waals surface area contributed by atoms with E-state index in [1.165, 1.54) is 127 Å². The van der Waals surface area contributed by atoms with Crippen LogP contribution in [-0.2, 0) is 0 Å². The molecule has 0 saturated heterocycles. The van der Waals surface area contributed by atoms with E-state index in [1.807, 2.05) is 47.6 Å². The second-order valence-electron chi connectivity index (χ2n) is 18.7. The molecule has 80 heavy (non-hydrogen) atoms. The smallest absolute Gasteiger partial charge is 0.0146 e. The Balaban J connectivity index is -0.000000910. The van der Waals surface area contributed by atoms with E-state index >= 15 is 0 Å². The summed E-state index contributed by atoms with van der Waals surface area (Å²) in [7, 11) is 0. The van der Waals surface area contributed by atoms with Gasteiger partial charge >= 0.3 is 0 Å². The van der Waals surface area contributed by atoms with E-state index in [4.69, 9.17) is 0 Å². The first-order chi connectivity index (χ1) is 38.3. The van der Waals surface area contributed by atoms with Crippen LogP contribution in [0.1, 0.15) is 187 Å². The van der Waals surface area contributed by atoms with Crippen LogP contribution in [0.5, 0.6) is 0 Å². The van der Waals surface area contributed by atoms with Crippen LogP contribution in [-0.4, -0.2) is 0 Å². The van der Waals surface area contributed by atoms with Crippen molar-refractivity contribution >= 4 is 5.57 Å². The molecule has 0 radical (unpaired) electrons. The lowest BCUT2D eigenvalue weighted by Crippen LogP contribution is -1.90. The van der Waals surface area contributed by atoms with Crippen LogP contribution >= 0.6 is 0 Å². The first-order valence-corrected chi connectivity index (χ1v) is 30.2. The summed E-state index contributed by atoms with van der Waals surface area (Å²) in [6, 6.07) is 68.6. The van der Waals surface area contributed by atoms with Crippen molar-refractivity contribution in [2.24, 2.45) is 0 Å². The zero-order valence-electron chi connectivity index (χ0n) is 53.9. The Labute approximate surface area is 495 Å². The van der Waals surface area contributed by atoms with Crippen LogP contribution in [0.25, 0.3) is 50.1 Å². The molecule has 0 atom stereocenters. The molecule has 0 bridgehead atoms. The minimum absolute atomic E-state index is 0. The Morgan fingerprint density at radius 1 is 0.338 bits per heavy atom. The topological polar surface area (TPSA) is 0 Å². The number of rotatable bonds is 9. The first kappa shape index (κ1) is 77.5. The highest BCUT2D eigenvalue weighted by atomic mass is 14.1. The molecule has 0 spiro atoms. The maximum atomic E-state index is 2.25. The Morgan fingerprint density at radius 2 is 0.675 bits per heavy atom. The minimum atomic E-state index is 0. The number of aryl methyl sites for hydroxylation is 6. The molecule has 0 aliphatic carbocycles. The lowest BCUT2D eigenvalue weighted by Gasteiger charge is -2.14. The van der Waals surface area contributed by atoms with Crippen molar-refractivity contribution in [1.82, 2.24) is 0 Å². The second kappa shape index (κ2) is 50.5. The quantitative estimate of drug-likeness (QED) is 0.126. The molecule has 0 aliphatic rings. The Kier molecular flexibility index (Phi) is 48.9. The van der Waals surface area contributed by atoms with Gasteiger partial charge in [0.1, 0.15) is 0 Å². The summed E-state index contributed by atoms with van der Waals surface area (Å²) >= 11 is 0. The molecule has 8 aromatic carbocycles. The van der Waals surface area contributed by atoms with Gasteiger partial charge in [-0.1, -0.05) is 359 Å². The van der Waals surface area contributed by atoms with E-state index < -0.39 is 0 Å². The van der Waals surface area contributed by atoms with Crippen LogP contribution in [0.2, 0.25) is 0 Å². The van der Waals surface area contributed by atoms with Crippen LogP contribution < -0.4 is 0 Å². The molecule has 0 fully saturated rings. The van der Waals surface area contributed by atoms with E-state index in [0.29, 0.717) is 0 Å². The van der Waals surface area contributed by atoms with Crippen LogP contribution in [0.4, 0.5) is 0 Å². The van der Waals surface area contributed by atoms with Gasteiger partial charge in [-0.3, -0.25) is 0 Å². The molecule has 0 heterocycles. The maximum Gasteiger partial charge on any atom is -0.0146 e. The summed E-state index contributed by atoms with van der Waals surface area (Å²) in [6.07, 6.45) is 14.1. The van der Waals surface area contributed by atoms with Gasteiger partial charge in [0.2, 0.25) is 0 Å². The SMILES string of the molecule is C.C/C=C\C(=C/CC)c1ccc(C)cc1.CC.CC.CC.CCC.CCCC.CCCC.Cc1ccc(-c2ccccc2)cc1.Cc1cccc(-c2cccc(-c3ccccc3C)c2C)c1.Cc1ccccc1-c1ccccc1C. The monoisotopic (exact) mass is 1070 g/mol. The van der Waals surface area contributed by atoms with Gasteiger partial charge < -0.3 is 0 Å². The number of hydrogen-bond acceptors (Lipinski definition) is 0. The summed E-state index contributed by atoms with van der Waals surface area (Å²) in [5.74, 6) is 0. The van der Waals surface area contributed by atoms with Gasteiger partial charge in [0.05, 0.1) is 0 Å². The maximum absolute atomic E-state index is 2.25. The van der Waals surface area contributed by atoms with Crippen LogP contribution in [0.15, 0.2) is 212 Å². The van der Waals surface area contributed by atoms with Gasteiger partial charge in [-0.2, -0.15) is 0 Å². The highest BCUT2D eigenvalue weighted by molar-refractivity contribution is 5.80. The fourth-order valence-electron chi connectivity index (χ4n) is 7.48. The van der Waals surface area contributed by atoms with Crippen molar-refractivity contribution in [3.05, 3.63) is 257 Å². The van der Waals surface area contributed by atoms with Crippen LogP contribution in [0.3, 0.4) is 0 Å². The van der Waals surface area contributed by atoms with Gasteiger partial charge in [-0.05, 0) is 140 Å². The average molecular weight is 1080 g/mol. The number of hydrogen-bond donors (Lipinski definition) is 0. The summed E-state index contributed by atoms with van der Waals surface area (Å²) in [4.78, 5) is 0. The van der Waals surface area contributed by atoms with Crippen molar-refractivity contribution in [2.45, 2.75) is 191 Å². The van der Waals surface area contributed by atoms with Crippen molar-refractivity contribution in [1.29, 1.82) is 0 Å². The van der Waals surface area contributed by atoms with Crippen molar-refractivity contribution in [3.63, 3.8) is 0 Å². The molecule has 0 heteroatoms. The molecule has 434 valence electrons. The largest absolute Gasteiger partial charge is 0.0871 e. The van der Waals surface area contributed by atoms with E-state index in [9.17, 15) is 0 Å². The van der Waals surface area contributed by atoms with Crippen molar-refractivity contribution in [2.75, 3.05) is 0 Å². The predicted octanol–water partition coefficient (Wildman–Crippen LogP) is 26.7. The third-order valence-electron chi connectivity index (χ3n) is 12.0.